The quantitative estimate of drug-likeness (QED) is 0.337. The van der Waals surface area contributed by atoms with Crippen molar-refractivity contribution >= 4 is 5.97 Å². The lowest BCUT2D eigenvalue weighted by Gasteiger charge is -2.19. The number of ether oxygens (including phenoxy) is 4. The van der Waals surface area contributed by atoms with E-state index in [0.29, 0.717) is 33.8 Å². The Kier molecular flexibility index (Phi) is 8.09. The van der Waals surface area contributed by atoms with Gasteiger partial charge < -0.3 is 34.3 Å². The largest absolute Gasteiger partial charge is 0.508 e. The van der Waals surface area contributed by atoms with Crippen LogP contribution in [0.3, 0.4) is 0 Å². The van der Waals surface area contributed by atoms with Crippen LogP contribution in [-0.2, 0) is 4.79 Å². The number of benzene rings is 3. The number of carboxylic acids is 1. The van der Waals surface area contributed by atoms with Crippen molar-refractivity contribution in [2.45, 2.75) is 13.8 Å². The van der Waals surface area contributed by atoms with Crippen molar-refractivity contribution in [1.29, 1.82) is 0 Å². The highest BCUT2D eigenvalue weighted by molar-refractivity contribution is 5.88. The summed E-state index contributed by atoms with van der Waals surface area (Å²) in [5.41, 5.74) is 3.18. The van der Waals surface area contributed by atoms with Crippen LogP contribution in [0.5, 0.6) is 34.5 Å². The molecule has 0 heterocycles. The second-order valence-corrected chi connectivity index (χ2v) is 7.87. The van der Waals surface area contributed by atoms with Crippen molar-refractivity contribution in [3.8, 4) is 56.8 Å². The van der Waals surface area contributed by atoms with Crippen LogP contribution in [0.4, 0.5) is 0 Å². The van der Waals surface area contributed by atoms with E-state index < -0.39 is 12.6 Å². The van der Waals surface area contributed by atoms with Gasteiger partial charge in [-0.1, -0.05) is 23.8 Å². The third-order valence-corrected chi connectivity index (χ3v) is 5.13. The van der Waals surface area contributed by atoms with Gasteiger partial charge >= 0.3 is 5.97 Å². The van der Waals surface area contributed by atoms with Gasteiger partial charge in [-0.2, -0.15) is 0 Å². The van der Waals surface area contributed by atoms with Crippen molar-refractivity contribution in [2.75, 3.05) is 27.4 Å². The van der Waals surface area contributed by atoms with Crippen LogP contribution in [-0.4, -0.2) is 48.7 Å². The number of aromatic hydroxyl groups is 2. The molecule has 0 saturated carbocycles. The van der Waals surface area contributed by atoms with Crippen LogP contribution in [0.25, 0.3) is 22.3 Å². The molecule has 0 saturated heterocycles. The van der Waals surface area contributed by atoms with Gasteiger partial charge in [0.2, 0.25) is 0 Å². The van der Waals surface area contributed by atoms with Crippen LogP contribution in [0, 0.1) is 0 Å². The number of methoxy groups -OCH3 is 2. The molecule has 0 atom stereocenters. The topological polar surface area (TPSA) is 115 Å². The van der Waals surface area contributed by atoms with Crippen LogP contribution in [0.1, 0.15) is 13.8 Å². The zero-order chi connectivity index (χ0) is 25.5. The standard InChI is InChI=1S/C27H28O8/c1-16(2)11-12-34-21-10-7-18(13-22(21)35-15-24(29)30)25-23(32-3)14-20(27(33-4)26(25)31)17-5-8-19(28)9-6-17/h5-11,13-14,28,31H,12,15H2,1-4H3,(H,29,30). The molecule has 0 fully saturated rings. The first kappa shape index (κ1) is 25.3. The second kappa shape index (κ2) is 11.2. The number of aliphatic carboxylic acids is 1. The average molecular weight is 481 g/mol. The van der Waals surface area contributed by atoms with Crippen LogP contribution in [0.2, 0.25) is 0 Å². The van der Waals surface area contributed by atoms with Gasteiger partial charge in [0.15, 0.2) is 29.6 Å². The van der Waals surface area contributed by atoms with Crippen molar-refractivity contribution in [1.82, 2.24) is 0 Å². The second-order valence-electron chi connectivity index (χ2n) is 7.87. The zero-order valence-corrected chi connectivity index (χ0v) is 20.0. The Morgan fingerprint density at radius 1 is 0.857 bits per heavy atom. The molecule has 3 aromatic carbocycles. The highest BCUT2D eigenvalue weighted by atomic mass is 16.5. The Bertz CT molecular complexity index is 1220. The van der Waals surface area contributed by atoms with Gasteiger partial charge in [-0.15, -0.1) is 0 Å². The van der Waals surface area contributed by atoms with Gasteiger partial charge in [-0.05, 0) is 61.4 Å². The Balaban J connectivity index is 2.13. The van der Waals surface area contributed by atoms with E-state index >= 15 is 0 Å². The Labute approximate surface area is 203 Å². The van der Waals surface area contributed by atoms with Crippen molar-refractivity contribution < 1.29 is 39.1 Å². The Morgan fingerprint density at radius 2 is 1.54 bits per heavy atom. The van der Waals surface area contributed by atoms with Gasteiger partial charge in [0.25, 0.3) is 0 Å². The molecule has 3 rings (SSSR count). The number of allylic oxidation sites excluding steroid dienone is 1. The van der Waals surface area contributed by atoms with Crippen LogP contribution < -0.4 is 18.9 Å². The van der Waals surface area contributed by atoms with Gasteiger partial charge in [0.05, 0.1) is 19.8 Å². The number of hydrogen-bond donors (Lipinski definition) is 3. The molecule has 0 aliphatic carbocycles. The number of carboxylic acid groups (broad SMARTS) is 1. The highest BCUT2D eigenvalue weighted by Gasteiger charge is 2.23. The molecule has 0 unspecified atom stereocenters. The smallest absolute Gasteiger partial charge is 0.341 e. The predicted octanol–water partition coefficient (Wildman–Crippen LogP) is 5.26. The van der Waals surface area contributed by atoms with E-state index in [9.17, 15) is 15.0 Å². The van der Waals surface area contributed by atoms with Gasteiger partial charge in [0, 0.05) is 5.56 Å². The SMILES string of the molecule is COc1cc(-c2ccc(O)cc2)c(OC)c(O)c1-c1ccc(OCC=C(C)C)c(OCC(=O)O)c1. The fourth-order valence-electron chi connectivity index (χ4n) is 3.46. The van der Waals surface area contributed by atoms with E-state index in [2.05, 4.69) is 0 Å². The highest BCUT2D eigenvalue weighted by Crippen LogP contribution is 2.50. The molecule has 0 radical (unpaired) electrons. The molecule has 0 amide bonds. The summed E-state index contributed by atoms with van der Waals surface area (Å²) in [4.78, 5) is 11.1. The molecular formula is C27H28O8. The third-order valence-electron chi connectivity index (χ3n) is 5.13. The maximum atomic E-state index is 11.2. The van der Waals surface area contributed by atoms with Gasteiger partial charge in [-0.3, -0.25) is 0 Å². The summed E-state index contributed by atoms with van der Waals surface area (Å²) in [5.74, 6) is -0.0597. The van der Waals surface area contributed by atoms with Crippen molar-refractivity contribution in [2.24, 2.45) is 0 Å². The van der Waals surface area contributed by atoms with Gasteiger partial charge in [-0.25, -0.2) is 4.79 Å². The summed E-state index contributed by atoms with van der Waals surface area (Å²) in [6.45, 7) is 3.61. The molecule has 35 heavy (non-hydrogen) atoms. The first-order chi connectivity index (χ1) is 16.7. The number of phenolic OH excluding ortho intramolecular Hbond substituents is 2. The lowest BCUT2D eigenvalue weighted by Crippen LogP contribution is -2.10. The molecule has 0 aromatic heterocycles. The maximum Gasteiger partial charge on any atom is 0.341 e. The average Bonchev–Trinajstić information content (AvgIpc) is 2.83. The van der Waals surface area contributed by atoms with E-state index in [-0.39, 0.29) is 29.6 Å². The summed E-state index contributed by atoms with van der Waals surface area (Å²) in [6, 6.07) is 13.1. The maximum absolute atomic E-state index is 11.2. The minimum absolute atomic E-state index is 0.112. The van der Waals surface area contributed by atoms with Crippen molar-refractivity contribution in [3.05, 3.63) is 60.2 Å². The normalized spacial score (nSPS) is 10.4. The molecule has 0 bridgehead atoms. The predicted molar refractivity (Wildman–Crippen MR) is 132 cm³/mol. The summed E-state index contributed by atoms with van der Waals surface area (Å²) >= 11 is 0. The summed E-state index contributed by atoms with van der Waals surface area (Å²) in [5, 5.41) is 29.9. The van der Waals surface area contributed by atoms with Crippen molar-refractivity contribution in [3.63, 3.8) is 0 Å². The molecular weight excluding hydrogens is 452 g/mol. The number of phenols is 2. The lowest BCUT2D eigenvalue weighted by molar-refractivity contribution is -0.139. The molecule has 8 heteroatoms. The summed E-state index contributed by atoms with van der Waals surface area (Å²) < 4.78 is 22.3. The molecule has 0 aliphatic heterocycles. The van der Waals surface area contributed by atoms with Crippen LogP contribution >= 0.6 is 0 Å². The first-order valence-corrected chi connectivity index (χ1v) is 10.8. The lowest BCUT2D eigenvalue weighted by atomic mass is 9.96. The minimum Gasteiger partial charge on any atom is -0.508 e. The number of rotatable bonds is 10. The van der Waals surface area contributed by atoms with E-state index in [1.165, 1.54) is 26.4 Å². The third kappa shape index (κ3) is 5.97. The monoisotopic (exact) mass is 480 g/mol. The molecule has 3 aromatic rings. The van der Waals surface area contributed by atoms with Crippen LogP contribution in [0.15, 0.2) is 60.2 Å². The first-order valence-electron chi connectivity index (χ1n) is 10.8. The summed E-state index contributed by atoms with van der Waals surface area (Å²) in [7, 11) is 2.92. The van der Waals surface area contributed by atoms with E-state index in [0.717, 1.165) is 5.57 Å². The zero-order valence-electron chi connectivity index (χ0n) is 20.0. The number of hydrogen-bond acceptors (Lipinski definition) is 7. The molecule has 0 spiro atoms. The Hall–Kier alpha value is -4.33. The minimum atomic E-state index is -1.13. The molecule has 0 aliphatic rings. The molecule has 3 N–H and O–H groups in total. The number of carbonyl (C=O) groups is 1. The fourth-order valence-corrected chi connectivity index (χ4v) is 3.46. The van der Waals surface area contributed by atoms with E-state index in [1.54, 1.807) is 36.4 Å². The summed E-state index contributed by atoms with van der Waals surface area (Å²) in [6.07, 6.45) is 1.89. The van der Waals surface area contributed by atoms with E-state index in [4.69, 9.17) is 24.1 Å². The van der Waals surface area contributed by atoms with E-state index in [1.807, 2.05) is 19.9 Å². The fraction of sp³-hybridized carbons (Fsp3) is 0.222. The Morgan fingerprint density at radius 3 is 2.14 bits per heavy atom. The molecule has 8 nitrogen and oxygen atoms in total. The van der Waals surface area contributed by atoms with Gasteiger partial charge in [0.1, 0.15) is 18.1 Å². The molecule has 184 valence electrons.